The van der Waals surface area contributed by atoms with E-state index in [0.29, 0.717) is 22.2 Å². The summed E-state index contributed by atoms with van der Waals surface area (Å²) in [5.74, 6) is -0.122. The Morgan fingerprint density at radius 3 is 2.48 bits per heavy atom. The molecule has 3 heterocycles. The average molecular weight is 508 g/mol. The van der Waals surface area contributed by atoms with Crippen molar-refractivity contribution in [2.75, 3.05) is 5.32 Å². The molecule has 0 aliphatic carbocycles. The topological polar surface area (TPSA) is 99.0 Å². The van der Waals surface area contributed by atoms with E-state index in [1.165, 1.54) is 0 Å². The van der Waals surface area contributed by atoms with Crippen molar-refractivity contribution in [1.82, 2.24) is 19.7 Å². The van der Waals surface area contributed by atoms with Gasteiger partial charge >= 0.3 is 6.09 Å². The lowest BCUT2D eigenvalue weighted by Crippen LogP contribution is -2.27. The van der Waals surface area contributed by atoms with E-state index in [9.17, 15) is 9.59 Å². The van der Waals surface area contributed by atoms with Crippen LogP contribution in [0, 0.1) is 6.92 Å². The molecule has 0 saturated heterocycles. The summed E-state index contributed by atoms with van der Waals surface area (Å²) in [6.07, 6.45) is 4.32. The van der Waals surface area contributed by atoms with Crippen LogP contribution in [0.4, 0.5) is 10.6 Å². The number of nitrogens with one attached hydrogen (secondary N) is 1. The Labute approximate surface area is 199 Å². The summed E-state index contributed by atoms with van der Waals surface area (Å²) in [4.78, 5) is 34.4. The number of aromatic nitrogens is 4. The molecule has 0 aliphatic rings. The van der Waals surface area contributed by atoms with Gasteiger partial charge in [0.2, 0.25) is 0 Å². The van der Waals surface area contributed by atoms with Crippen molar-refractivity contribution in [3.05, 3.63) is 70.6 Å². The molecule has 4 aromatic rings. The molecule has 0 spiro atoms. The lowest BCUT2D eigenvalue weighted by molar-refractivity contribution is 0.0522. The second kappa shape index (κ2) is 8.74. The fourth-order valence-corrected chi connectivity index (χ4v) is 3.48. The molecule has 168 valence electrons. The Hall–Kier alpha value is -3.59. The van der Waals surface area contributed by atoms with E-state index in [4.69, 9.17) is 4.74 Å². The zero-order valence-electron chi connectivity index (χ0n) is 18.6. The first-order chi connectivity index (χ1) is 15.6. The first kappa shape index (κ1) is 22.6. The molecule has 9 heteroatoms. The van der Waals surface area contributed by atoms with E-state index in [2.05, 4.69) is 36.3 Å². The number of amides is 1. The van der Waals surface area contributed by atoms with Crippen LogP contribution in [-0.2, 0) is 4.74 Å². The number of carbonyl (C=O) groups excluding carboxylic acids is 2. The van der Waals surface area contributed by atoms with Crippen molar-refractivity contribution < 1.29 is 14.3 Å². The number of hydrogen-bond acceptors (Lipinski definition) is 6. The molecule has 0 atom stereocenters. The summed E-state index contributed by atoms with van der Waals surface area (Å²) < 4.78 is 7.47. The van der Waals surface area contributed by atoms with Gasteiger partial charge in [0.15, 0.2) is 5.82 Å². The SMILES string of the molecule is Cc1ccncc1-c1cc2c(NC(=O)c3ccc(Br)cc3)nn(C(=O)OC(C)(C)C)c2cn1. The van der Waals surface area contributed by atoms with Crippen LogP contribution in [0.1, 0.15) is 36.7 Å². The second-order valence-corrected chi connectivity index (χ2v) is 9.39. The molecule has 0 unspecified atom stereocenters. The number of pyridine rings is 2. The zero-order valence-corrected chi connectivity index (χ0v) is 20.2. The summed E-state index contributed by atoms with van der Waals surface area (Å²) in [5, 5.41) is 7.73. The van der Waals surface area contributed by atoms with E-state index in [1.807, 2.05) is 13.0 Å². The van der Waals surface area contributed by atoms with E-state index in [0.717, 1.165) is 20.3 Å². The number of aryl methyl sites for hydroxylation is 1. The minimum atomic E-state index is -0.712. The molecule has 1 amide bonds. The molecular formula is C24H22BrN5O3. The number of halogens is 1. The van der Waals surface area contributed by atoms with Crippen molar-refractivity contribution in [1.29, 1.82) is 0 Å². The average Bonchev–Trinajstić information content (AvgIpc) is 3.11. The molecule has 8 nitrogen and oxygen atoms in total. The number of ether oxygens (including phenoxy) is 1. The molecule has 0 fully saturated rings. The van der Waals surface area contributed by atoms with Gasteiger partial charge in [0.25, 0.3) is 5.91 Å². The van der Waals surface area contributed by atoms with Gasteiger partial charge in [0, 0.05) is 33.4 Å². The monoisotopic (exact) mass is 507 g/mol. The molecule has 3 aromatic heterocycles. The molecule has 33 heavy (non-hydrogen) atoms. The molecule has 4 rings (SSSR count). The Balaban J connectivity index is 1.81. The fourth-order valence-electron chi connectivity index (χ4n) is 3.21. The van der Waals surface area contributed by atoms with Crippen molar-refractivity contribution >= 4 is 44.7 Å². The zero-order chi connectivity index (χ0) is 23.8. The van der Waals surface area contributed by atoms with Gasteiger partial charge in [-0.3, -0.25) is 14.8 Å². The van der Waals surface area contributed by atoms with Crippen LogP contribution in [0.2, 0.25) is 0 Å². The third-order valence-corrected chi connectivity index (χ3v) is 5.31. The maximum Gasteiger partial charge on any atom is 0.435 e. The van der Waals surface area contributed by atoms with Crippen LogP contribution in [0.25, 0.3) is 22.2 Å². The number of hydrogen-bond donors (Lipinski definition) is 1. The predicted molar refractivity (Wildman–Crippen MR) is 129 cm³/mol. The van der Waals surface area contributed by atoms with Gasteiger partial charge in [-0.05, 0) is 69.7 Å². The number of carbonyl (C=O) groups is 2. The second-order valence-electron chi connectivity index (χ2n) is 8.48. The molecule has 1 aromatic carbocycles. The number of anilines is 1. The maximum absolute atomic E-state index is 12.9. The third-order valence-electron chi connectivity index (χ3n) is 4.79. The van der Waals surface area contributed by atoms with Crippen LogP contribution in [-0.4, -0.2) is 37.3 Å². The molecule has 0 radical (unpaired) electrons. The molecule has 0 saturated carbocycles. The van der Waals surface area contributed by atoms with Gasteiger partial charge < -0.3 is 10.1 Å². The fraction of sp³-hybridized carbons (Fsp3) is 0.208. The number of nitrogens with zero attached hydrogens (tertiary/aromatic N) is 4. The van der Waals surface area contributed by atoms with Crippen molar-refractivity contribution in [2.45, 2.75) is 33.3 Å². The van der Waals surface area contributed by atoms with Gasteiger partial charge in [-0.15, -0.1) is 5.10 Å². The number of fused-ring (bicyclic) bond motifs is 1. The smallest absolute Gasteiger partial charge is 0.435 e. The minimum Gasteiger partial charge on any atom is -0.442 e. The molecular weight excluding hydrogens is 486 g/mol. The first-order valence-electron chi connectivity index (χ1n) is 10.2. The minimum absolute atomic E-state index is 0.231. The Morgan fingerprint density at radius 1 is 1.09 bits per heavy atom. The highest BCUT2D eigenvalue weighted by Crippen LogP contribution is 2.29. The predicted octanol–water partition coefficient (Wildman–Crippen LogP) is 5.60. The standard InChI is InChI=1S/C24H22BrN5O3/c1-14-9-10-26-12-18(14)19-11-17-20(13-27-19)30(23(32)33-24(2,3)4)29-21(17)28-22(31)15-5-7-16(25)8-6-15/h5-13H,1-4H3,(H,28,29,31). The number of rotatable bonds is 3. The van der Waals surface area contributed by atoms with Crippen LogP contribution in [0.5, 0.6) is 0 Å². The first-order valence-corrected chi connectivity index (χ1v) is 11.0. The summed E-state index contributed by atoms with van der Waals surface area (Å²) in [5.41, 5.74) is 2.65. The van der Waals surface area contributed by atoms with E-state index < -0.39 is 11.7 Å². The normalized spacial score (nSPS) is 11.4. The highest BCUT2D eigenvalue weighted by Gasteiger charge is 2.24. The van der Waals surface area contributed by atoms with Crippen molar-refractivity contribution in [3.63, 3.8) is 0 Å². The number of benzene rings is 1. The van der Waals surface area contributed by atoms with Gasteiger partial charge in [0.05, 0.1) is 11.9 Å². The van der Waals surface area contributed by atoms with E-state index in [1.54, 1.807) is 69.7 Å². The van der Waals surface area contributed by atoms with Crippen molar-refractivity contribution in [3.8, 4) is 11.3 Å². The third kappa shape index (κ3) is 4.93. The van der Waals surface area contributed by atoms with Gasteiger partial charge in [-0.1, -0.05) is 15.9 Å². The van der Waals surface area contributed by atoms with Crippen molar-refractivity contribution in [2.24, 2.45) is 0 Å². The summed E-state index contributed by atoms with van der Waals surface area (Å²) in [6, 6.07) is 10.6. The van der Waals surface area contributed by atoms with E-state index in [-0.39, 0.29) is 11.7 Å². The molecule has 0 aliphatic heterocycles. The van der Waals surface area contributed by atoms with Crippen LogP contribution in [0.15, 0.2) is 59.5 Å². The highest BCUT2D eigenvalue weighted by atomic mass is 79.9. The Kier molecular flexibility index (Phi) is 5.99. The maximum atomic E-state index is 12.9. The van der Waals surface area contributed by atoms with Crippen LogP contribution in [0.3, 0.4) is 0 Å². The Morgan fingerprint density at radius 2 is 1.82 bits per heavy atom. The summed E-state index contributed by atoms with van der Waals surface area (Å²) >= 11 is 3.36. The van der Waals surface area contributed by atoms with Gasteiger partial charge in [-0.25, -0.2) is 4.79 Å². The lowest BCUT2D eigenvalue weighted by Gasteiger charge is -2.19. The molecule has 0 bridgehead atoms. The summed E-state index contributed by atoms with van der Waals surface area (Å²) in [6.45, 7) is 7.28. The summed E-state index contributed by atoms with van der Waals surface area (Å²) in [7, 11) is 0. The highest BCUT2D eigenvalue weighted by molar-refractivity contribution is 9.10. The lowest BCUT2D eigenvalue weighted by atomic mass is 10.1. The quantitative estimate of drug-likeness (QED) is 0.387. The van der Waals surface area contributed by atoms with Crippen LogP contribution >= 0.6 is 15.9 Å². The van der Waals surface area contributed by atoms with E-state index >= 15 is 0 Å². The largest absolute Gasteiger partial charge is 0.442 e. The van der Waals surface area contributed by atoms with Crippen LogP contribution < -0.4 is 5.32 Å². The molecule has 1 N–H and O–H groups in total. The Bertz CT molecular complexity index is 1360. The van der Waals surface area contributed by atoms with Gasteiger partial charge in [-0.2, -0.15) is 4.68 Å². The van der Waals surface area contributed by atoms with Gasteiger partial charge in [0.1, 0.15) is 11.1 Å².